The molecule has 97 heavy (non-hydrogen) atoms. The van der Waals surface area contributed by atoms with Gasteiger partial charge < -0.3 is 48.1 Å². The number of H-pyrrole nitrogens is 2. The Morgan fingerprint density at radius 1 is 0.691 bits per heavy atom. The molecule has 4 N–H and O–H groups in total. The quantitative estimate of drug-likeness (QED) is 0.0538. The topological polar surface area (TPSA) is 407 Å². The number of nitrogens with one attached hydrogen (secondary N) is 2. The molecule has 2 aromatic heterocycles. The maximum Gasteiger partial charge on any atom is 0.338 e. The minimum absolute atomic E-state index is 0.0133. The molecule has 2 aromatic rings. The Labute approximate surface area is 557 Å². The lowest BCUT2D eigenvalue weighted by Crippen LogP contribution is -2.63. The minimum Gasteiger partial charge on any atom is -0.463 e. The van der Waals surface area contributed by atoms with Crippen molar-refractivity contribution in [1.29, 1.82) is 0 Å². The van der Waals surface area contributed by atoms with Crippen molar-refractivity contribution >= 4 is 29.3 Å². The fourth-order valence-corrected chi connectivity index (χ4v) is 20.2. The number of ketones is 3. The van der Waals surface area contributed by atoms with E-state index in [1.807, 2.05) is 19.1 Å². The monoisotopic (exact) mass is 1350 g/mol. The number of aromatic amines is 2. The normalized spacial score (nSPS) is 40.2. The number of fused-ring (bicyclic) bond motifs is 11. The van der Waals surface area contributed by atoms with Crippen LogP contribution in [0.15, 0.2) is 89.4 Å². The molecule has 5 heterocycles. The fourth-order valence-electron chi connectivity index (χ4n) is 20.2. The highest BCUT2D eigenvalue weighted by Crippen LogP contribution is 2.71. The van der Waals surface area contributed by atoms with Crippen LogP contribution in [0.25, 0.3) is 20.9 Å². The number of carbonyl (C=O) groups excluding carboxylic acids is 5. The summed E-state index contributed by atoms with van der Waals surface area (Å²) in [6.45, 7) is 14.3. The summed E-state index contributed by atoms with van der Waals surface area (Å²) in [4.78, 5) is 126. The second kappa shape index (κ2) is 25.7. The molecular weight excluding hydrogens is 1260 g/mol. The van der Waals surface area contributed by atoms with E-state index in [-0.39, 0.29) is 85.1 Å². The number of allylic oxidation sites excluding steroid dienone is 8. The van der Waals surface area contributed by atoms with Crippen LogP contribution < -0.4 is 22.5 Å². The van der Waals surface area contributed by atoms with Gasteiger partial charge in [0.05, 0.1) is 30.2 Å². The van der Waals surface area contributed by atoms with Crippen molar-refractivity contribution < 1.29 is 72.1 Å². The molecule has 0 bridgehead atoms. The van der Waals surface area contributed by atoms with Crippen molar-refractivity contribution in [3.8, 4) is 0 Å². The molecule has 0 radical (unpaired) electrons. The Balaban J connectivity index is 0.000000185. The van der Waals surface area contributed by atoms with E-state index in [9.17, 15) is 64.4 Å². The molecule has 11 aliphatic rings. The third kappa shape index (κ3) is 11.7. The van der Waals surface area contributed by atoms with E-state index in [2.05, 4.69) is 50.8 Å². The Morgan fingerprint density at radius 3 is 1.67 bits per heavy atom. The van der Waals surface area contributed by atoms with E-state index in [1.54, 1.807) is 52.0 Å². The van der Waals surface area contributed by atoms with Crippen molar-refractivity contribution in [1.82, 2.24) is 19.1 Å². The van der Waals surface area contributed by atoms with Gasteiger partial charge in [-0.25, -0.2) is 14.4 Å². The van der Waals surface area contributed by atoms with Gasteiger partial charge in [0.2, 0.25) is 6.29 Å². The van der Waals surface area contributed by atoms with E-state index in [0.717, 1.165) is 30.4 Å². The van der Waals surface area contributed by atoms with Crippen molar-refractivity contribution in [2.45, 2.75) is 199 Å². The highest BCUT2D eigenvalue weighted by molar-refractivity contribution is 6.01. The molecule has 6 saturated carbocycles. The van der Waals surface area contributed by atoms with Crippen LogP contribution in [-0.2, 0) is 61.9 Å². The Bertz CT molecular complexity index is 4040. The van der Waals surface area contributed by atoms with Crippen LogP contribution in [0, 0.1) is 82.9 Å². The van der Waals surface area contributed by atoms with Gasteiger partial charge in [-0.2, -0.15) is 0 Å². The van der Waals surface area contributed by atoms with Crippen molar-refractivity contribution in [3.05, 3.63) is 134 Å². The molecule has 29 nitrogen and oxygen atoms in total. The number of hydrogen-bond acceptors (Lipinski definition) is 21. The second-order valence-corrected chi connectivity index (χ2v) is 30.0. The maximum atomic E-state index is 14.1. The van der Waals surface area contributed by atoms with Gasteiger partial charge in [-0.3, -0.25) is 47.9 Å². The summed E-state index contributed by atoms with van der Waals surface area (Å²) in [5.74, 6) is -4.84. The number of nitrogens with zero attached hydrogens (tertiary/aromatic N) is 8. The standard InChI is InChI=1S/C34H43N5O10.C34H43N5O9/c1-16-14-39(32(45)36-29(16)43)25-12-22(37-38-35)24(49-25)15-48-30(44)20-11-21-19-7-6-17-10-18(40)8-9-33(17,2)26(19)23(41)13-34(21,3)27(20)28(42)31(46-4)47-5;1-17-15-39(30(44)36-28(17)42)25-13-22(37-38-35)24(46-25)16-45-29(43)27-34(48-31(2,3)47-27)11-9-21-20-7-6-18-12-19(40)8-10-32(18,4)26(20)23(41)14-33(21,34)5/h8-10,14,19-27,31,41H,6-7,11-13,15H2,1-5H3,(H,36,43,45);8,10,12,15,20-27,41H,6-7,9,11,13-14,16H2,1-5H3,(H,36,42,44)/t19?,20?,21?,22-,23?,24?,25?,26?,27?,33?,34?;20?,21?,22-,23?,24?,25?,26?,27-,32?,33?,34-/m00/s1. The Kier molecular flexibility index (Phi) is 18.4. The van der Waals surface area contributed by atoms with Crippen LogP contribution in [0.1, 0.15) is 136 Å². The zero-order valence-electron chi connectivity index (χ0n) is 56.1. The number of ether oxygens (including phenoxy) is 8. The van der Waals surface area contributed by atoms with Gasteiger partial charge in [0.15, 0.2) is 29.2 Å². The van der Waals surface area contributed by atoms with Crippen LogP contribution in [0.5, 0.6) is 0 Å². The maximum absolute atomic E-state index is 14.1. The molecule has 3 saturated heterocycles. The number of aryl methyl sites for hydroxylation is 2. The minimum atomic E-state index is -1.23. The van der Waals surface area contributed by atoms with E-state index >= 15 is 0 Å². The summed E-state index contributed by atoms with van der Waals surface area (Å²) in [7, 11) is 2.71. The van der Waals surface area contributed by atoms with Crippen LogP contribution >= 0.6 is 0 Å². The molecular formula is C68H86N10O19. The smallest absolute Gasteiger partial charge is 0.338 e. The molecule has 18 unspecified atom stereocenters. The molecule has 8 aliphatic carbocycles. The first-order valence-electron chi connectivity index (χ1n) is 33.5. The average Bonchev–Trinajstić information content (AvgIpc) is 1.55. The summed E-state index contributed by atoms with van der Waals surface area (Å²) in [5, 5.41) is 31.4. The third-order valence-electron chi connectivity index (χ3n) is 24.5. The largest absolute Gasteiger partial charge is 0.463 e. The molecule has 22 atom stereocenters. The summed E-state index contributed by atoms with van der Waals surface area (Å²) in [5.41, 5.74) is 15.3. The first kappa shape index (κ1) is 69.5. The first-order valence-corrected chi connectivity index (χ1v) is 33.5. The lowest BCUT2D eigenvalue weighted by Gasteiger charge is -2.60. The van der Waals surface area contributed by atoms with Gasteiger partial charge in [0.1, 0.15) is 43.5 Å². The van der Waals surface area contributed by atoms with Crippen molar-refractivity contribution in [2.75, 3.05) is 27.4 Å². The summed E-state index contributed by atoms with van der Waals surface area (Å²) in [6, 6.07) is -1.53. The predicted molar refractivity (Wildman–Crippen MR) is 341 cm³/mol. The SMILES string of the molecule is COC(OC)C(=O)C1C(C(=O)OCC2OC(n3cc(C)c(=O)[nH]c3=O)C[C@@H]2N=[N+]=[N-])CC2C3CCC4=CC(=O)C=CC4(C)C3C(O)CC21C.Cc1cn(C2C[C@H](N=[N+]=[N-])C(COC(=O)[C@@H]3OC(C)(C)O[C@@]34CCC3C5CCC6=CC(=O)C=CC6(C)C5C(O)CC34C)O2)c(=O)[nH]c1=O. The first-order chi connectivity index (χ1) is 45.9. The molecule has 522 valence electrons. The molecule has 29 heteroatoms. The average molecular weight is 1350 g/mol. The fraction of sp³-hybridized carbons (Fsp3) is 0.691. The van der Waals surface area contributed by atoms with Gasteiger partial charge >= 0.3 is 23.3 Å². The number of aliphatic hydroxyl groups is 2. The van der Waals surface area contributed by atoms with E-state index in [0.29, 0.717) is 37.7 Å². The number of carbonyl (C=O) groups is 5. The summed E-state index contributed by atoms with van der Waals surface area (Å²) >= 11 is 0. The van der Waals surface area contributed by atoms with Crippen LogP contribution in [0.3, 0.4) is 0 Å². The van der Waals surface area contributed by atoms with Crippen LogP contribution in [0.2, 0.25) is 0 Å². The van der Waals surface area contributed by atoms with Gasteiger partial charge in [-0.15, -0.1) is 0 Å². The number of esters is 2. The third-order valence-corrected chi connectivity index (χ3v) is 24.5. The van der Waals surface area contributed by atoms with Crippen LogP contribution in [0.4, 0.5) is 0 Å². The van der Waals surface area contributed by atoms with Crippen molar-refractivity contribution in [3.63, 3.8) is 0 Å². The lowest BCUT2D eigenvalue weighted by atomic mass is 9.46. The number of aliphatic hydroxyl groups excluding tert-OH is 2. The van der Waals surface area contributed by atoms with Crippen LogP contribution in [-0.4, -0.2) is 146 Å². The summed E-state index contributed by atoms with van der Waals surface area (Å²) in [6.07, 6.45) is 11.4. The Hall–Kier alpha value is -7.43. The molecule has 0 aromatic carbocycles. The molecule has 9 fully saturated rings. The molecule has 0 amide bonds. The summed E-state index contributed by atoms with van der Waals surface area (Å²) < 4.78 is 50.1. The number of aromatic nitrogens is 4. The van der Waals surface area contributed by atoms with Crippen molar-refractivity contribution in [2.24, 2.45) is 79.2 Å². The number of Topliss-reactive ketones (excluding diaryl/α,β-unsaturated/α-hetero) is 1. The number of hydrogen-bond donors (Lipinski definition) is 4. The van der Waals surface area contributed by atoms with Gasteiger partial charge in [0, 0.05) is 94.4 Å². The molecule has 1 spiro atoms. The van der Waals surface area contributed by atoms with E-state index < -0.39 is 146 Å². The lowest BCUT2D eigenvalue weighted by molar-refractivity contribution is -0.210. The number of methoxy groups -OCH3 is 2. The highest BCUT2D eigenvalue weighted by atomic mass is 16.8. The molecule has 3 aliphatic heterocycles. The zero-order chi connectivity index (χ0) is 69.8. The predicted octanol–water partition coefficient (Wildman–Crippen LogP) is 6.19. The number of azide groups is 2. The van der Waals surface area contributed by atoms with E-state index in [4.69, 9.17) is 37.9 Å². The highest BCUT2D eigenvalue weighted by Gasteiger charge is 2.74. The zero-order valence-corrected chi connectivity index (χ0v) is 56.1. The number of rotatable bonds is 14. The van der Waals surface area contributed by atoms with Gasteiger partial charge in [-0.1, -0.05) is 61.2 Å². The van der Waals surface area contributed by atoms with Gasteiger partial charge in [0.25, 0.3) is 11.1 Å². The molecule has 13 rings (SSSR count). The Morgan fingerprint density at radius 2 is 1.18 bits per heavy atom. The van der Waals surface area contributed by atoms with Gasteiger partial charge in [-0.05, 0) is 150 Å². The second-order valence-electron chi connectivity index (χ2n) is 30.0. The van der Waals surface area contributed by atoms with E-state index in [1.165, 1.54) is 35.7 Å².